The van der Waals surface area contributed by atoms with Crippen molar-refractivity contribution in [2.24, 2.45) is 0 Å². The van der Waals surface area contributed by atoms with Crippen molar-refractivity contribution in [1.29, 1.82) is 0 Å². The van der Waals surface area contributed by atoms with E-state index in [0.29, 0.717) is 0 Å². The molecule has 17 heavy (non-hydrogen) atoms. The summed E-state index contributed by atoms with van der Waals surface area (Å²) in [7, 11) is 0. The molecule has 1 heteroatoms. The van der Waals surface area contributed by atoms with Gasteiger partial charge in [-0.3, -0.25) is 0 Å². The van der Waals surface area contributed by atoms with Gasteiger partial charge in [-0.1, -0.05) is 67.2 Å². The summed E-state index contributed by atoms with van der Waals surface area (Å²) in [5.74, 6) is 0. The van der Waals surface area contributed by atoms with Gasteiger partial charge in [0.15, 0.2) is 0 Å². The van der Waals surface area contributed by atoms with Crippen molar-refractivity contribution in [2.45, 2.75) is 5.60 Å². The first-order valence-corrected chi connectivity index (χ1v) is 5.48. The van der Waals surface area contributed by atoms with E-state index in [-0.39, 0.29) is 0 Å². The molecule has 0 amide bonds. The second-order valence-electron chi connectivity index (χ2n) is 3.85. The Labute approximate surface area is 101 Å². The van der Waals surface area contributed by atoms with Gasteiger partial charge in [-0.25, -0.2) is 0 Å². The molecule has 0 unspecified atom stereocenters. The topological polar surface area (TPSA) is 20.2 Å². The van der Waals surface area contributed by atoms with Crippen LogP contribution in [0.2, 0.25) is 0 Å². The van der Waals surface area contributed by atoms with Gasteiger partial charge < -0.3 is 5.11 Å². The summed E-state index contributed by atoms with van der Waals surface area (Å²) < 4.78 is 0. The standard InChI is InChI=1S/C16H14O/c1-2-13-16(17,14-9-5-3-6-10-14)15-11-7-4-8-12-15/h3-13,17H,1H2. The van der Waals surface area contributed by atoms with Crippen LogP contribution in [0.3, 0.4) is 0 Å². The zero-order valence-corrected chi connectivity index (χ0v) is 9.51. The van der Waals surface area contributed by atoms with Crippen LogP contribution in [-0.2, 0) is 5.60 Å². The Balaban J connectivity index is 2.59. The van der Waals surface area contributed by atoms with Crippen LogP contribution in [0.1, 0.15) is 11.1 Å². The minimum Gasteiger partial charge on any atom is -0.376 e. The third-order valence-electron chi connectivity index (χ3n) is 2.74. The molecule has 0 aliphatic rings. The summed E-state index contributed by atoms with van der Waals surface area (Å²) in [4.78, 5) is 0. The van der Waals surface area contributed by atoms with E-state index in [4.69, 9.17) is 0 Å². The van der Waals surface area contributed by atoms with Gasteiger partial charge in [0.2, 0.25) is 0 Å². The average molecular weight is 222 g/mol. The fourth-order valence-electron chi connectivity index (χ4n) is 1.87. The number of hydrogen-bond acceptors (Lipinski definition) is 1. The molecule has 0 saturated carbocycles. The average Bonchev–Trinajstić information content (AvgIpc) is 2.41. The molecule has 0 aromatic heterocycles. The van der Waals surface area contributed by atoms with E-state index in [1.165, 1.54) is 0 Å². The molecular formula is C16H14O. The first-order chi connectivity index (χ1) is 8.27. The van der Waals surface area contributed by atoms with Gasteiger partial charge >= 0.3 is 0 Å². The molecule has 0 spiro atoms. The van der Waals surface area contributed by atoms with Crippen LogP contribution in [0.5, 0.6) is 0 Å². The smallest absolute Gasteiger partial charge is 0.140 e. The van der Waals surface area contributed by atoms with Crippen molar-refractivity contribution in [2.75, 3.05) is 0 Å². The van der Waals surface area contributed by atoms with E-state index in [9.17, 15) is 5.11 Å². The molecule has 1 nitrogen and oxygen atoms in total. The minimum absolute atomic E-state index is 0.808. The normalized spacial score (nSPS) is 10.6. The van der Waals surface area contributed by atoms with Crippen LogP contribution in [-0.4, -0.2) is 5.11 Å². The summed E-state index contributed by atoms with van der Waals surface area (Å²) in [6.07, 6.45) is 1.58. The van der Waals surface area contributed by atoms with Crippen molar-refractivity contribution in [1.82, 2.24) is 0 Å². The van der Waals surface area contributed by atoms with Crippen LogP contribution in [0.15, 0.2) is 79.0 Å². The molecule has 0 bridgehead atoms. The monoisotopic (exact) mass is 222 g/mol. The van der Waals surface area contributed by atoms with Gasteiger partial charge in [-0.05, 0) is 17.2 Å². The Morgan fingerprint density at radius 2 is 1.29 bits per heavy atom. The van der Waals surface area contributed by atoms with Crippen molar-refractivity contribution in [3.05, 3.63) is 90.2 Å². The lowest BCUT2D eigenvalue weighted by Crippen LogP contribution is -2.24. The Kier molecular flexibility index (Phi) is 3.24. The molecule has 0 fully saturated rings. The molecule has 1 N–H and O–H groups in total. The molecule has 0 saturated heterocycles. The molecule has 0 heterocycles. The molecule has 2 rings (SSSR count). The first-order valence-electron chi connectivity index (χ1n) is 5.48. The van der Waals surface area contributed by atoms with E-state index >= 15 is 0 Å². The summed E-state index contributed by atoms with van der Waals surface area (Å²) in [6, 6.07) is 19.0. The number of aliphatic hydroxyl groups is 1. The highest BCUT2D eigenvalue weighted by Crippen LogP contribution is 2.30. The molecule has 0 atom stereocenters. The number of rotatable bonds is 3. The largest absolute Gasteiger partial charge is 0.376 e. The summed E-state index contributed by atoms with van der Waals surface area (Å²) in [5, 5.41) is 10.8. The predicted molar refractivity (Wildman–Crippen MR) is 69.6 cm³/mol. The highest BCUT2D eigenvalue weighted by atomic mass is 16.3. The fourth-order valence-corrected chi connectivity index (χ4v) is 1.87. The molecule has 0 radical (unpaired) electrons. The van der Waals surface area contributed by atoms with Crippen LogP contribution < -0.4 is 0 Å². The third kappa shape index (κ3) is 2.21. The molecular weight excluding hydrogens is 208 g/mol. The van der Waals surface area contributed by atoms with E-state index < -0.39 is 5.60 Å². The summed E-state index contributed by atoms with van der Waals surface area (Å²) >= 11 is 0. The summed E-state index contributed by atoms with van der Waals surface area (Å²) in [6.45, 7) is 3.56. The van der Waals surface area contributed by atoms with Crippen LogP contribution in [0.25, 0.3) is 0 Å². The van der Waals surface area contributed by atoms with E-state index in [0.717, 1.165) is 11.1 Å². The molecule has 0 aliphatic heterocycles. The van der Waals surface area contributed by atoms with Crippen LogP contribution in [0.4, 0.5) is 0 Å². The maximum Gasteiger partial charge on any atom is 0.140 e. The number of hydrogen-bond donors (Lipinski definition) is 1. The highest BCUT2D eigenvalue weighted by molar-refractivity contribution is 5.40. The second kappa shape index (κ2) is 4.84. The van der Waals surface area contributed by atoms with E-state index in [1.807, 2.05) is 60.7 Å². The van der Waals surface area contributed by atoms with Gasteiger partial charge in [-0.15, -0.1) is 5.73 Å². The Morgan fingerprint density at radius 1 is 0.882 bits per heavy atom. The zero-order chi connectivity index (χ0) is 12.1. The quantitative estimate of drug-likeness (QED) is 0.790. The molecule has 2 aromatic carbocycles. The van der Waals surface area contributed by atoms with Crippen molar-refractivity contribution in [3.63, 3.8) is 0 Å². The predicted octanol–water partition coefficient (Wildman–Crippen LogP) is 3.26. The Bertz CT molecular complexity index is 482. The van der Waals surface area contributed by atoms with Crippen LogP contribution in [0, 0.1) is 0 Å². The lowest BCUT2D eigenvalue weighted by atomic mass is 9.86. The third-order valence-corrected chi connectivity index (χ3v) is 2.74. The van der Waals surface area contributed by atoms with Crippen molar-refractivity contribution >= 4 is 0 Å². The second-order valence-corrected chi connectivity index (χ2v) is 3.85. The maximum atomic E-state index is 10.8. The van der Waals surface area contributed by atoms with Gasteiger partial charge in [-0.2, -0.15) is 0 Å². The van der Waals surface area contributed by atoms with Crippen LogP contribution >= 0.6 is 0 Å². The maximum absolute atomic E-state index is 10.8. The SMILES string of the molecule is C=C=CC(O)(c1ccccc1)c1ccccc1. The fraction of sp³-hybridized carbons (Fsp3) is 0.0625. The Morgan fingerprint density at radius 3 is 1.65 bits per heavy atom. The highest BCUT2D eigenvalue weighted by Gasteiger charge is 2.27. The molecule has 84 valence electrons. The lowest BCUT2D eigenvalue weighted by Gasteiger charge is -2.25. The molecule has 2 aromatic rings. The van der Waals surface area contributed by atoms with Crippen molar-refractivity contribution in [3.8, 4) is 0 Å². The van der Waals surface area contributed by atoms with E-state index in [2.05, 4.69) is 12.3 Å². The van der Waals surface area contributed by atoms with Gasteiger partial charge in [0.05, 0.1) is 0 Å². The van der Waals surface area contributed by atoms with Crippen molar-refractivity contribution < 1.29 is 5.11 Å². The minimum atomic E-state index is -1.16. The van der Waals surface area contributed by atoms with Gasteiger partial charge in [0, 0.05) is 0 Å². The number of benzene rings is 2. The Hall–Kier alpha value is -2.08. The van der Waals surface area contributed by atoms with Gasteiger partial charge in [0.1, 0.15) is 5.60 Å². The van der Waals surface area contributed by atoms with Gasteiger partial charge in [0.25, 0.3) is 0 Å². The lowest BCUT2D eigenvalue weighted by molar-refractivity contribution is 0.135. The zero-order valence-electron chi connectivity index (χ0n) is 9.51. The van der Waals surface area contributed by atoms with E-state index in [1.54, 1.807) is 6.08 Å². The first kappa shape index (κ1) is 11.4. The summed E-state index contributed by atoms with van der Waals surface area (Å²) in [5.41, 5.74) is 3.13. The molecule has 0 aliphatic carbocycles.